The Hall–Kier alpha value is -1.33. The third kappa shape index (κ3) is 2.62. The Morgan fingerprint density at radius 1 is 1.38 bits per heavy atom. The molecular weight excluding hydrogens is 222 g/mol. The maximum Gasteiger partial charge on any atom is 0.260 e. The number of nitrogens with one attached hydrogen (secondary N) is 1. The zero-order valence-corrected chi connectivity index (χ0v) is 9.99. The van der Waals surface area contributed by atoms with Gasteiger partial charge in [0.15, 0.2) is 0 Å². The highest BCUT2D eigenvalue weighted by Gasteiger charge is 2.05. The molecule has 0 bridgehead atoms. The van der Waals surface area contributed by atoms with Crippen molar-refractivity contribution < 1.29 is 4.42 Å². The van der Waals surface area contributed by atoms with Crippen molar-refractivity contribution in [3.05, 3.63) is 36.5 Å². The molecule has 84 valence electrons. The van der Waals surface area contributed by atoms with Gasteiger partial charge >= 0.3 is 0 Å². The van der Waals surface area contributed by atoms with Crippen LogP contribution in [0.15, 0.2) is 45.3 Å². The first-order chi connectivity index (χ1) is 7.79. The van der Waals surface area contributed by atoms with Gasteiger partial charge < -0.3 is 9.73 Å². The topological polar surface area (TPSA) is 51.0 Å². The molecule has 1 unspecified atom stereocenters. The van der Waals surface area contributed by atoms with E-state index in [0.29, 0.717) is 5.22 Å². The molecule has 0 saturated heterocycles. The van der Waals surface area contributed by atoms with Crippen molar-refractivity contribution in [2.75, 3.05) is 7.05 Å². The average Bonchev–Trinajstić information content (AvgIpc) is 2.82. The largest absolute Gasteiger partial charge is 0.440 e. The fraction of sp³-hybridized carbons (Fsp3) is 0.273. The van der Waals surface area contributed by atoms with Crippen LogP contribution in [0.3, 0.4) is 0 Å². The zero-order valence-electron chi connectivity index (χ0n) is 9.18. The van der Waals surface area contributed by atoms with Crippen LogP contribution in [0.25, 0.3) is 0 Å². The molecule has 0 amide bonds. The van der Waals surface area contributed by atoms with Crippen molar-refractivity contribution in [3.63, 3.8) is 0 Å². The molecule has 2 rings (SSSR count). The van der Waals surface area contributed by atoms with Gasteiger partial charge in [-0.3, -0.25) is 4.98 Å². The van der Waals surface area contributed by atoms with Gasteiger partial charge in [-0.15, -0.1) is 0 Å². The Morgan fingerprint density at radius 3 is 2.81 bits per heavy atom. The Bertz CT molecular complexity index is 427. The van der Waals surface area contributed by atoms with Crippen LogP contribution in [-0.4, -0.2) is 17.0 Å². The highest BCUT2D eigenvalue weighted by molar-refractivity contribution is 7.99. The van der Waals surface area contributed by atoms with Gasteiger partial charge in [-0.1, -0.05) is 0 Å². The summed E-state index contributed by atoms with van der Waals surface area (Å²) in [5.41, 5.74) is 1.03. The monoisotopic (exact) mass is 235 g/mol. The summed E-state index contributed by atoms with van der Waals surface area (Å²) in [6.45, 7) is 2.07. The van der Waals surface area contributed by atoms with Gasteiger partial charge in [-0.05, 0) is 37.9 Å². The van der Waals surface area contributed by atoms with Crippen LogP contribution >= 0.6 is 11.8 Å². The molecule has 5 heteroatoms. The first-order valence-corrected chi connectivity index (χ1v) is 5.82. The molecule has 2 aromatic heterocycles. The number of hydrogen-bond acceptors (Lipinski definition) is 5. The number of aromatic nitrogens is 2. The summed E-state index contributed by atoms with van der Waals surface area (Å²) in [6.07, 6.45) is 5.03. The van der Waals surface area contributed by atoms with Crippen molar-refractivity contribution in [3.8, 4) is 0 Å². The fourth-order valence-electron chi connectivity index (χ4n) is 1.22. The van der Waals surface area contributed by atoms with Crippen molar-refractivity contribution in [1.29, 1.82) is 0 Å². The molecule has 0 spiro atoms. The number of pyridine rings is 1. The van der Waals surface area contributed by atoms with E-state index in [1.165, 1.54) is 11.8 Å². The van der Waals surface area contributed by atoms with E-state index < -0.39 is 0 Å². The van der Waals surface area contributed by atoms with Crippen LogP contribution in [0.4, 0.5) is 0 Å². The Kier molecular flexibility index (Phi) is 3.58. The third-order valence-corrected chi connectivity index (χ3v) is 3.10. The summed E-state index contributed by atoms with van der Waals surface area (Å²) in [6, 6.07) is 4.29. The molecule has 4 nitrogen and oxygen atoms in total. The number of nitrogens with zero attached hydrogens (tertiary/aromatic N) is 2. The molecule has 0 aliphatic rings. The number of rotatable bonds is 4. The second-order valence-electron chi connectivity index (χ2n) is 3.33. The van der Waals surface area contributed by atoms with Crippen LogP contribution in [-0.2, 0) is 0 Å². The molecule has 0 fully saturated rings. The molecule has 2 heterocycles. The van der Waals surface area contributed by atoms with E-state index in [0.717, 1.165) is 10.6 Å². The van der Waals surface area contributed by atoms with E-state index in [-0.39, 0.29) is 6.04 Å². The molecule has 0 aliphatic heterocycles. The standard InChI is InChI=1S/C11H13N3OS/c1-8(12-2)10-4-3-9(7-14-10)16-11-13-5-6-15-11/h3-8,12H,1-2H3. The second kappa shape index (κ2) is 5.14. The summed E-state index contributed by atoms with van der Waals surface area (Å²) in [7, 11) is 1.92. The molecule has 0 aliphatic carbocycles. The summed E-state index contributed by atoms with van der Waals surface area (Å²) in [5.74, 6) is 0. The molecule has 1 N–H and O–H groups in total. The normalized spacial score (nSPS) is 12.6. The van der Waals surface area contributed by atoms with Crippen LogP contribution in [0.5, 0.6) is 0 Å². The van der Waals surface area contributed by atoms with Crippen LogP contribution < -0.4 is 5.32 Å². The predicted octanol–water partition coefficient (Wildman–Crippen LogP) is 2.50. The van der Waals surface area contributed by atoms with Crippen LogP contribution in [0, 0.1) is 0 Å². The second-order valence-corrected chi connectivity index (χ2v) is 4.35. The molecule has 0 saturated carbocycles. The lowest BCUT2D eigenvalue weighted by atomic mass is 10.2. The maximum absolute atomic E-state index is 5.15. The molecule has 2 aromatic rings. The third-order valence-electron chi connectivity index (χ3n) is 2.25. The minimum atomic E-state index is 0.265. The lowest BCUT2D eigenvalue weighted by Gasteiger charge is -2.09. The van der Waals surface area contributed by atoms with Crippen LogP contribution in [0.1, 0.15) is 18.7 Å². The number of oxazole rings is 1. The smallest absolute Gasteiger partial charge is 0.260 e. The highest BCUT2D eigenvalue weighted by atomic mass is 32.2. The summed E-state index contributed by atoms with van der Waals surface area (Å²) >= 11 is 1.46. The van der Waals surface area contributed by atoms with Gasteiger partial charge in [-0.2, -0.15) is 0 Å². The lowest BCUT2D eigenvalue weighted by molar-refractivity contribution is 0.454. The summed E-state index contributed by atoms with van der Waals surface area (Å²) < 4.78 is 5.15. The highest BCUT2D eigenvalue weighted by Crippen LogP contribution is 2.25. The van der Waals surface area contributed by atoms with Gasteiger partial charge in [0.1, 0.15) is 6.26 Å². The maximum atomic E-state index is 5.15. The van der Waals surface area contributed by atoms with E-state index in [1.54, 1.807) is 12.5 Å². The first-order valence-electron chi connectivity index (χ1n) is 5.00. The van der Waals surface area contributed by atoms with E-state index in [4.69, 9.17) is 4.42 Å². The van der Waals surface area contributed by atoms with E-state index >= 15 is 0 Å². The van der Waals surface area contributed by atoms with E-state index in [2.05, 4.69) is 22.2 Å². The molecule has 16 heavy (non-hydrogen) atoms. The first kappa shape index (κ1) is 11.2. The van der Waals surface area contributed by atoms with Gasteiger partial charge in [-0.25, -0.2) is 4.98 Å². The van der Waals surface area contributed by atoms with Gasteiger partial charge in [0.05, 0.1) is 11.9 Å². The van der Waals surface area contributed by atoms with Crippen LogP contribution in [0.2, 0.25) is 0 Å². The van der Waals surface area contributed by atoms with Gasteiger partial charge in [0.2, 0.25) is 0 Å². The van der Waals surface area contributed by atoms with E-state index in [9.17, 15) is 0 Å². The van der Waals surface area contributed by atoms with Gasteiger partial charge in [0.25, 0.3) is 5.22 Å². The summed E-state index contributed by atoms with van der Waals surface area (Å²) in [4.78, 5) is 9.44. The van der Waals surface area contributed by atoms with Crippen molar-refractivity contribution in [2.24, 2.45) is 0 Å². The summed E-state index contributed by atoms with van der Waals surface area (Å²) in [5, 5.41) is 3.78. The molecule has 1 atom stereocenters. The van der Waals surface area contributed by atoms with Crippen molar-refractivity contribution in [2.45, 2.75) is 23.1 Å². The van der Waals surface area contributed by atoms with Crippen molar-refractivity contribution >= 4 is 11.8 Å². The SMILES string of the molecule is CNC(C)c1ccc(Sc2ncco2)cn1. The van der Waals surface area contributed by atoms with Gasteiger partial charge in [0, 0.05) is 17.1 Å². The molecule has 0 aromatic carbocycles. The number of hydrogen-bond donors (Lipinski definition) is 1. The minimum Gasteiger partial charge on any atom is -0.440 e. The lowest BCUT2D eigenvalue weighted by Crippen LogP contribution is -2.13. The average molecular weight is 235 g/mol. The Balaban J connectivity index is 2.07. The Labute approximate surface area is 98.5 Å². The predicted molar refractivity (Wildman–Crippen MR) is 62.3 cm³/mol. The fourth-order valence-corrected chi connectivity index (χ4v) is 1.88. The minimum absolute atomic E-state index is 0.265. The molecular formula is C11H13N3OS. The van der Waals surface area contributed by atoms with E-state index in [1.807, 2.05) is 25.4 Å². The Morgan fingerprint density at radius 2 is 2.25 bits per heavy atom. The molecule has 0 radical (unpaired) electrons. The zero-order chi connectivity index (χ0) is 11.4. The quantitative estimate of drug-likeness (QED) is 0.882. The van der Waals surface area contributed by atoms with Crippen molar-refractivity contribution in [1.82, 2.24) is 15.3 Å².